The number of nitrogens with zero attached hydrogens (tertiary/aromatic N) is 2. The smallest absolute Gasteiger partial charge is 0.337 e. The summed E-state index contributed by atoms with van der Waals surface area (Å²) in [5.41, 5.74) is 1.93. The fraction of sp³-hybridized carbons (Fsp3) is 0.353. The van der Waals surface area contributed by atoms with Gasteiger partial charge >= 0.3 is 5.97 Å². The predicted molar refractivity (Wildman–Crippen MR) is 85.3 cm³/mol. The van der Waals surface area contributed by atoms with Crippen molar-refractivity contribution in [3.8, 4) is 0 Å². The molecule has 3 rings (SSSR count). The van der Waals surface area contributed by atoms with E-state index >= 15 is 0 Å². The molecule has 0 spiro atoms. The van der Waals surface area contributed by atoms with E-state index in [1.165, 1.54) is 29.2 Å². The monoisotopic (exact) mass is 344 g/mol. The summed E-state index contributed by atoms with van der Waals surface area (Å²) in [6.07, 6.45) is 0.129. The number of hydrogen-bond donors (Lipinski definition) is 0. The Morgan fingerprint density at radius 3 is 2.48 bits per heavy atom. The standard InChI is InChI=1S/C17H16N2O6/c1-9(2)14-12-7-13(20)15(18(12)16(14)21)17(22)25-8-10-3-5-11(6-4-10)19(23)24/h3-6,12,15H,7-8H2,1-2H3/t12-,15?/m1/s1. The maximum Gasteiger partial charge on any atom is 0.337 e. The number of esters is 1. The largest absolute Gasteiger partial charge is 0.459 e. The summed E-state index contributed by atoms with van der Waals surface area (Å²) in [5, 5.41) is 10.6. The molecule has 8 nitrogen and oxygen atoms in total. The lowest BCUT2D eigenvalue weighted by molar-refractivity contribution is -0.384. The Balaban J connectivity index is 1.66. The molecule has 0 aliphatic carbocycles. The topological polar surface area (TPSA) is 107 Å². The Hall–Kier alpha value is -3.03. The Morgan fingerprint density at radius 1 is 1.28 bits per heavy atom. The van der Waals surface area contributed by atoms with Crippen molar-refractivity contribution in [2.24, 2.45) is 0 Å². The highest BCUT2D eigenvalue weighted by Crippen LogP contribution is 2.39. The number of ether oxygens (including phenoxy) is 1. The van der Waals surface area contributed by atoms with Crippen molar-refractivity contribution in [1.82, 2.24) is 4.90 Å². The van der Waals surface area contributed by atoms with E-state index in [-0.39, 0.29) is 36.4 Å². The SMILES string of the molecule is CC(C)=C1C(=O)N2C(C(=O)OCc3ccc([N+](=O)[O-])cc3)C(=O)C[C@H]12. The Kier molecular flexibility index (Phi) is 4.12. The zero-order valence-corrected chi connectivity index (χ0v) is 13.7. The van der Waals surface area contributed by atoms with Gasteiger partial charge in [-0.15, -0.1) is 0 Å². The third-order valence-corrected chi connectivity index (χ3v) is 4.40. The fourth-order valence-corrected chi connectivity index (χ4v) is 3.19. The summed E-state index contributed by atoms with van der Waals surface area (Å²) in [6.45, 7) is 3.48. The zero-order valence-electron chi connectivity index (χ0n) is 13.7. The molecule has 2 heterocycles. The van der Waals surface area contributed by atoms with Crippen LogP contribution >= 0.6 is 0 Å². The third-order valence-electron chi connectivity index (χ3n) is 4.40. The number of β-lactam (4-membered cyclic amide) rings is 1. The van der Waals surface area contributed by atoms with E-state index in [0.717, 1.165) is 5.57 Å². The number of nitro benzene ring substituents is 1. The summed E-state index contributed by atoms with van der Waals surface area (Å²) in [4.78, 5) is 47.9. The Bertz CT molecular complexity index is 807. The lowest BCUT2D eigenvalue weighted by Gasteiger charge is -2.40. The molecular weight excluding hydrogens is 328 g/mol. The number of hydrogen-bond acceptors (Lipinski definition) is 6. The van der Waals surface area contributed by atoms with E-state index in [9.17, 15) is 24.5 Å². The highest BCUT2D eigenvalue weighted by molar-refractivity contribution is 6.16. The van der Waals surface area contributed by atoms with Crippen molar-refractivity contribution in [2.75, 3.05) is 0 Å². The van der Waals surface area contributed by atoms with E-state index in [4.69, 9.17) is 4.74 Å². The van der Waals surface area contributed by atoms with E-state index in [1.54, 1.807) is 13.8 Å². The van der Waals surface area contributed by atoms with Crippen LogP contribution in [-0.4, -0.2) is 39.6 Å². The molecule has 2 fully saturated rings. The van der Waals surface area contributed by atoms with Crippen molar-refractivity contribution in [3.05, 3.63) is 51.1 Å². The second-order valence-corrected chi connectivity index (χ2v) is 6.25. The highest BCUT2D eigenvalue weighted by atomic mass is 16.6. The first kappa shape index (κ1) is 16.8. The molecule has 2 aliphatic heterocycles. The maximum absolute atomic E-state index is 12.3. The molecule has 0 radical (unpaired) electrons. The van der Waals surface area contributed by atoms with Gasteiger partial charge in [0.05, 0.1) is 11.0 Å². The average Bonchev–Trinajstić information content (AvgIpc) is 2.85. The number of carbonyl (C=O) groups is 3. The van der Waals surface area contributed by atoms with E-state index in [1.807, 2.05) is 0 Å². The van der Waals surface area contributed by atoms with Crippen molar-refractivity contribution in [1.29, 1.82) is 0 Å². The minimum atomic E-state index is -1.20. The lowest BCUT2D eigenvalue weighted by Crippen LogP contribution is -2.57. The van der Waals surface area contributed by atoms with Gasteiger partial charge < -0.3 is 9.64 Å². The lowest BCUT2D eigenvalue weighted by atomic mass is 9.91. The van der Waals surface area contributed by atoms with Crippen LogP contribution in [0, 0.1) is 10.1 Å². The van der Waals surface area contributed by atoms with Gasteiger partial charge in [0.15, 0.2) is 11.8 Å². The Labute approximate surface area is 143 Å². The van der Waals surface area contributed by atoms with E-state index in [2.05, 4.69) is 0 Å². The first-order valence-corrected chi connectivity index (χ1v) is 7.74. The average molecular weight is 344 g/mol. The van der Waals surface area contributed by atoms with Gasteiger partial charge in [-0.25, -0.2) is 4.79 Å². The van der Waals surface area contributed by atoms with Crippen LogP contribution in [0.4, 0.5) is 5.69 Å². The normalized spacial score (nSPS) is 21.7. The quantitative estimate of drug-likeness (QED) is 0.205. The molecular formula is C17H16N2O6. The van der Waals surface area contributed by atoms with E-state index < -0.39 is 16.9 Å². The molecule has 0 N–H and O–H groups in total. The van der Waals surface area contributed by atoms with Crippen LogP contribution in [0.1, 0.15) is 25.8 Å². The number of non-ortho nitro benzene ring substituents is 1. The van der Waals surface area contributed by atoms with Crippen LogP contribution in [0.15, 0.2) is 35.4 Å². The van der Waals surface area contributed by atoms with Gasteiger partial charge in [0.2, 0.25) is 0 Å². The molecule has 0 aromatic heterocycles. The minimum Gasteiger partial charge on any atom is -0.459 e. The molecule has 2 atom stereocenters. The van der Waals surface area contributed by atoms with Crippen LogP contribution in [0.2, 0.25) is 0 Å². The molecule has 1 unspecified atom stereocenters. The summed E-state index contributed by atoms with van der Waals surface area (Å²) >= 11 is 0. The predicted octanol–water partition coefficient (Wildman–Crippen LogP) is 1.53. The van der Waals surface area contributed by atoms with Gasteiger partial charge in [-0.05, 0) is 31.5 Å². The van der Waals surface area contributed by atoms with Crippen LogP contribution in [0.3, 0.4) is 0 Å². The first-order chi connectivity index (χ1) is 11.8. The number of carbonyl (C=O) groups excluding carboxylic acids is 3. The van der Waals surface area contributed by atoms with Crippen LogP contribution in [0.5, 0.6) is 0 Å². The second kappa shape index (κ2) is 6.12. The first-order valence-electron chi connectivity index (χ1n) is 7.74. The van der Waals surface area contributed by atoms with Crippen molar-refractivity contribution in [3.63, 3.8) is 0 Å². The molecule has 2 saturated heterocycles. The molecule has 130 valence electrons. The van der Waals surface area contributed by atoms with E-state index in [0.29, 0.717) is 11.1 Å². The molecule has 1 aromatic carbocycles. The van der Waals surface area contributed by atoms with Gasteiger partial charge in [0.1, 0.15) is 6.61 Å². The summed E-state index contributed by atoms with van der Waals surface area (Å²) in [7, 11) is 0. The number of allylic oxidation sites excluding steroid dienone is 1. The second-order valence-electron chi connectivity index (χ2n) is 6.25. The summed E-state index contributed by atoms with van der Waals surface area (Å²) < 4.78 is 5.14. The number of benzene rings is 1. The molecule has 0 bridgehead atoms. The third kappa shape index (κ3) is 2.79. The molecule has 2 aliphatic rings. The van der Waals surface area contributed by atoms with Crippen LogP contribution in [-0.2, 0) is 25.7 Å². The van der Waals surface area contributed by atoms with Crippen LogP contribution in [0.25, 0.3) is 0 Å². The number of fused-ring (bicyclic) bond motifs is 1. The number of rotatable bonds is 4. The van der Waals surface area contributed by atoms with Crippen molar-refractivity contribution in [2.45, 2.75) is 39.0 Å². The molecule has 1 aromatic rings. The number of nitro groups is 1. The summed E-state index contributed by atoms with van der Waals surface area (Å²) in [6, 6.07) is 4.03. The fourth-order valence-electron chi connectivity index (χ4n) is 3.19. The summed E-state index contributed by atoms with van der Waals surface area (Å²) in [5.74, 6) is -1.40. The zero-order chi connectivity index (χ0) is 18.3. The van der Waals surface area contributed by atoms with Crippen molar-refractivity contribution < 1.29 is 24.0 Å². The number of amides is 1. The van der Waals surface area contributed by atoms with Gasteiger partial charge in [-0.3, -0.25) is 19.7 Å². The van der Waals surface area contributed by atoms with Gasteiger partial charge in [0, 0.05) is 24.1 Å². The Morgan fingerprint density at radius 2 is 1.92 bits per heavy atom. The number of ketones is 1. The molecule has 1 amide bonds. The minimum absolute atomic E-state index is 0.0654. The molecule has 8 heteroatoms. The maximum atomic E-state index is 12.3. The molecule has 0 saturated carbocycles. The number of Topliss-reactive ketones (excluding diaryl/α,β-unsaturated/α-hetero) is 1. The van der Waals surface area contributed by atoms with Crippen molar-refractivity contribution >= 4 is 23.3 Å². The highest BCUT2D eigenvalue weighted by Gasteiger charge is 2.57. The molecule has 25 heavy (non-hydrogen) atoms. The van der Waals surface area contributed by atoms with Gasteiger partial charge in [-0.1, -0.05) is 5.57 Å². The van der Waals surface area contributed by atoms with Crippen LogP contribution < -0.4 is 0 Å². The van der Waals surface area contributed by atoms with Gasteiger partial charge in [-0.2, -0.15) is 0 Å². The van der Waals surface area contributed by atoms with Gasteiger partial charge in [0.25, 0.3) is 11.6 Å².